The van der Waals surface area contributed by atoms with Gasteiger partial charge in [-0.1, -0.05) is 25.1 Å². The number of benzene rings is 1. The molecule has 0 bridgehead atoms. The highest BCUT2D eigenvalue weighted by Gasteiger charge is 2.10. The maximum atomic E-state index is 4.71. The van der Waals surface area contributed by atoms with Crippen LogP contribution in [0, 0.1) is 20.8 Å². The highest BCUT2D eigenvalue weighted by atomic mass is 32.1. The van der Waals surface area contributed by atoms with Gasteiger partial charge in [0.2, 0.25) is 0 Å². The zero-order valence-electron chi connectivity index (χ0n) is 17.9. The molecular weight excluding hydrogens is 380 g/mol. The molecule has 0 amide bonds. The predicted octanol–water partition coefficient (Wildman–Crippen LogP) is 3.72. The summed E-state index contributed by atoms with van der Waals surface area (Å²) < 4.78 is 2.00. The van der Waals surface area contributed by atoms with Crippen molar-refractivity contribution in [1.29, 1.82) is 0 Å². The molecule has 0 saturated heterocycles. The fourth-order valence-corrected chi connectivity index (χ4v) is 4.37. The molecule has 0 fully saturated rings. The van der Waals surface area contributed by atoms with E-state index in [1.807, 2.05) is 17.7 Å². The zero-order chi connectivity index (χ0) is 20.8. The lowest BCUT2D eigenvalue weighted by Crippen LogP contribution is -2.38. The SMILES string of the molecule is CCc1nc(CCNC(=NC)NCc2ccccc2-n2nc(C)cc2C)sc1C. The van der Waals surface area contributed by atoms with Crippen molar-refractivity contribution in [1.82, 2.24) is 25.4 Å². The molecule has 154 valence electrons. The van der Waals surface area contributed by atoms with Crippen LogP contribution in [0.25, 0.3) is 5.69 Å². The number of hydrogen-bond acceptors (Lipinski definition) is 4. The van der Waals surface area contributed by atoms with E-state index >= 15 is 0 Å². The monoisotopic (exact) mass is 410 g/mol. The summed E-state index contributed by atoms with van der Waals surface area (Å²) in [5, 5.41) is 12.6. The van der Waals surface area contributed by atoms with Crippen LogP contribution in [0.3, 0.4) is 0 Å². The molecule has 0 aliphatic carbocycles. The molecule has 3 aromatic rings. The second-order valence-electron chi connectivity index (χ2n) is 7.03. The third-order valence-corrected chi connectivity index (χ3v) is 5.88. The summed E-state index contributed by atoms with van der Waals surface area (Å²) in [5.74, 6) is 0.789. The maximum absolute atomic E-state index is 4.71. The molecule has 0 radical (unpaired) electrons. The molecule has 0 saturated carbocycles. The number of guanidine groups is 1. The first-order chi connectivity index (χ1) is 14.0. The second-order valence-corrected chi connectivity index (χ2v) is 8.32. The number of para-hydroxylation sites is 1. The van der Waals surface area contributed by atoms with Gasteiger partial charge in [-0.2, -0.15) is 5.10 Å². The van der Waals surface area contributed by atoms with Gasteiger partial charge < -0.3 is 10.6 Å². The standard InChI is InChI=1S/C22H30N6S/c1-6-19-17(4)29-21(26-19)11-12-24-22(23-5)25-14-18-9-7-8-10-20(18)28-16(3)13-15(2)27-28/h7-10,13H,6,11-12,14H2,1-5H3,(H2,23,24,25). The number of nitrogens with zero attached hydrogens (tertiary/aromatic N) is 4. The van der Waals surface area contributed by atoms with E-state index in [2.05, 4.69) is 65.8 Å². The highest BCUT2D eigenvalue weighted by Crippen LogP contribution is 2.18. The summed E-state index contributed by atoms with van der Waals surface area (Å²) in [6, 6.07) is 10.4. The molecule has 29 heavy (non-hydrogen) atoms. The van der Waals surface area contributed by atoms with Crippen LogP contribution < -0.4 is 10.6 Å². The first kappa shape index (κ1) is 21.0. The molecule has 2 heterocycles. The summed E-state index contributed by atoms with van der Waals surface area (Å²) in [7, 11) is 1.80. The van der Waals surface area contributed by atoms with E-state index < -0.39 is 0 Å². The third-order valence-electron chi connectivity index (χ3n) is 4.80. The predicted molar refractivity (Wildman–Crippen MR) is 121 cm³/mol. The Morgan fingerprint density at radius 2 is 1.97 bits per heavy atom. The minimum Gasteiger partial charge on any atom is -0.356 e. The van der Waals surface area contributed by atoms with E-state index in [0.29, 0.717) is 6.54 Å². The van der Waals surface area contributed by atoms with Crippen molar-refractivity contribution in [3.05, 3.63) is 62.9 Å². The van der Waals surface area contributed by atoms with Crippen LogP contribution in [0.4, 0.5) is 0 Å². The molecule has 7 heteroatoms. The molecule has 2 aromatic heterocycles. The number of aliphatic imine (C=N–C) groups is 1. The van der Waals surface area contributed by atoms with E-state index in [1.165, 1.54) is 21.1 Å². The summed E-state index contributed by atoms with van der Waals surface area (Å²) in [4.78, 5) is 10.4. The smallest absolute Gasteiger partial charge is 0.191 e. The van der Waals surface area contributed by atoms with E-state index in [0.717, 1.165) is 42.4 Å². The van der Waals surface area contributed by atoms with Crippen LogP contribution in [0.5, 0.6) is 0 Å². The fourth-order valence-electron chi connectivity index (χ4n) is 3.35. The summed E-state index contributed by atoms with van der Waals surface area (Å²) in [5.41, 5.74) is 5.62. The van der Waals surface area contributed by atoms with Crippen molar-refractivity contribution in [2.24, 2.45) is 4.99 Å². The summed E-state index contributed by atoms with van der Waals surface area (Å²) in [6.07, 6.45) is 1.89. The Morgan fingerprint density at radius 3 is 2.62 bits per heavy atom. The van der Waals surface area contributed by atoms with Crippen molar-refractivity contribution in [3.8, 4) is 5.69 Å². The zero-order valence-corrected chi connectivity index (χ0v) is 18.7. The molecule has 0 spiro atoms. The number of aryl methyl sites for hydroxylation is 4. The van der Waals surface area contributed by atoms with Gasteiger partial charge in [-0.3, -0.25) is 4.99 Å². The lowest BCUT2D eigenvalue weighted by Gasteiger charge is -2.15. The van der Waals surface area contributed by atoms with Crippen molar-refractivity contribution in [3.63, 3.8) is 0 Å². The molecule has 1 aromatic carbocycles. The Labute approximate surface area is 177 Å². The normalized spacial score (nSPS) is 11.7. The molecule has 0 aliphatic rings. The Kier molecular flexibility index (Phi) is 7.04. The van der Waals surface area contributed by atoms with Crippen LogP contribution in [-0.2, 0) is 19.4 Å². The van der Waals surface area contributed by atoms with Crippen LogP contribution in [0.2, 0.25) is 0 Å². The van der Waals surface area contributed by atoms with Gasteiger partial charge in [-0.05, 0) is 44.9 Å². The molecule has 0 unspecified atom stereocenters. The first-order valence-electron chi connectivity index (χ1n) is 10.0. The van der Waals surface area contributed by atoms with Gasteiger partial charge >= 0.3 is 0 Å². The van der Waals surface area contributed by atoms with Gasteiger partial charge in [0.1, 0.15) is 0 Å². The molecule has 0 atom stereocenters. The minimum absolute atomic E-state index is 0.671. The average Bonchev–Trinajstić information content (AvgIpc) is 3.25. The van der Waals surface area contributed by atoms with Crippen molar-refractivity contribution in [2.75, 3.05) is 13.6 Å². The topological polar surface area (TPSA) is 67.1 Å². The van der Waals surface area contributed by atoms with Crippen LogP contribution in [0.15, 0.2) is 35.3 Å². The van der Waals surface area contributed by atoms with Crippen LogP contribution in [-0.4, -0.2) is 34.3 Å². The summed E-state index contributed by atoms with van der Waals surface area (Å²) >= 11 is 1.79. The maximum Gasteiger partial charge on any atom is 0.191 e. The van der Waals surface area contributed by atoms with Gasteiger partial charge in [0.25, 0.3) is 0 Å². The van der Waals surface area contributed by atoms with Crippen molar-refractivity contribution in [2.45, 2.75) is 47.1 Å². The van der Waals surface area contributed by atoms with E-state index in [9.17, 15) is 0 Å². The molecule has 0 aliphatic heterocycles. The Morgan fingerprint density at radius 1 is 1.17 bits per heavy atom. The van der Waals surface area contributed by atoms with Crippen molar-refractivity contribution < 1.29 is 0 Å². The molecular formula is C22H30N6S. The van der Waals surface area contributed by atoms with Gasteiger partial charge in [0, 0.05) is 37.1 Å². The minimum atomic E-state index is 0.671. The largest absolute Gasteiger partial charge is 0.356 e. The lowest BCUT2D eigenvalue weighted by atomic mass is 10.1. The van der Waals surface area contributed by atoms with Crippen LogP contribution >= 0.6 is 11.3 Å². The molecule has 2 N–H and O–H groups in total. The van der Waals surface area contributed by atoms with E-state index in [-0.39, 0.29) is 0 Å². The molecule has 3 rings (SSSR count). The Balaban J connectivity index is 1.59. The van der Waals surface area contributed by atoms with Gasteiger partial charge in [-0.15, -0.1) is 11.3 Å². The number of thiazole rings is 1. The van der Waals surface area contributed by atoms with E-state index in [1.54, 1.807) is 18.4 Å². The van der Waals surface area contributed by atoms with Gasteiger partial charge in [-0.25, -0.2) is 9.67 Å². The quantitative estimate of drug-likeness (QED) is 0.460. The third kappa shape index (κ3) is 5.23. The number of rotatable bonds is 7. The van der Waals surface area contributed by atoms with Crippen LogP contribution in [0.1, 0.15) is 39.5 Å². The average molecular weight is 411 g/mol. The molecule has 6 nitrogen and oxygen atoms in total. The number of aromatic nitrogens is 3. The first-order valence-corrected chi connectivity index (χ1v) is 10.8. The highest BCUT2D eigenvalue weighted by molar-refractivity contribution is 7.11. The Bertz CT molecular complexity index is 985. The van der Waals surface area contributed by atoms with Crippen molar-refractivity contribution >= 4 is 17.3 Å². The Hall–Kier alpha value is -2.67. The lowest BCUT2D eigenvalue weighted by molar-refractivity contribution is 0.773. The summed E-state index contributed by atoms with van der Waals surface area (Å²) in [6.45, 7) is 9.87. The van der Waals surface area contributed by atoms with Gasteiger partial charge in [0.05, 0.1) is 22.1 Å². The van der Waals surface area contributed by atoms with Gasteiger partial charge in [0.15, 0.2) is 5.96 Å². The number of nitrogens with one attached hydrogen (secondary N) is 2. The number of hydrogen-bond donors (Lipinski definition) is 2. The second kappa shape index (κ2) is 9.69. The fraction of sp³-hybridized carbons (Fsp3) is 0.409. The van der Waals surface area contributed by atoms with E-state index in [4.69, 9.17) is 4.98 Å².